The first-order chi connectivity index (χ1) is 11.7. The van der Waals surface area contributed by atoms with Crippen LogP contribution in [0.2, 0.25) is 0 Å². The Morgan fingerprint density at radius 1 is 1.17 bits per heavy atom. The van der Waals surface area contributed by atoms with Crippen LogP contribution in [0, 0.1) is 0 Å². The molecular weight excluding hydrogens is 302 g/mol. The Balaban J connectivity index is 1.82. The summed E-state index contributed by atoms with van der Waals surface area (Å²) in [4.78, 5) is 26.5. The summed E-state index contributed by atoms with van der Waals surface area (Å²) < 4.78 is 0. The summed E-state index contributed by atoms with van der Waals surface area (Å²) >= 11 is 0. The van der Waals surface area contributed by atoms with E-state index in [0.717, 1.165) is 24.9 Å². The van der Waals surface area contributed by atoms with Crippen LogP contribution in [0.1, 0.15) is 42.2 Å². The van der Waals surface area contributed by atoms with E-state index in [1.165, 1.54) is 19.0 Å². The molecule has 0 fully saturated rings. The normalized spacial score (nSPS) is 10.4. The Hall–Kier alpha value is -2.50. The van der Waals surface area contributed by atoms with Crippen LogP contribution in [0.3, 0.4) is 0 Å². The minimum Gasteiger partial charge on any atom is -0.369 e. The monoisotopic (exact) mass is 327 g/mol. The maximum Gasteiger partial charge on any atom is 0.273 e. The summed E-state index contributed by atoms with van der Waals surface area (Å²) in [7, 11) is 1.78. The molecule has 6 heteroatoms. The van der Waals surface area contributed by atoms with Gasteiger partial charge in [0.2, 0.25) is 0 Å². The van der Waals surface area contributed by atoms with Crippen LogP contribution in [0.15, 0.2) is 36.9 Å². The minimum absolute atomic E-state index is 0.117. The number of likely N-dealkylation sites (N-methyl/N-ethyl adjacent to an activating group) is 1. The number of hydrogen-bond acceptors (Lipinski definition) is 5. The molecule has 0 aliphatic rings. The van der Waals surface area contributed by atoms with E-state index in [-0.39, 0.29) is 5.91 Å². The van der Waals surface area contributed by atoms with E-state index in [0.29, 0.717) is 18.1 Å². The number of carbonyl (C=O) groups is 1. The van der Waals surface area contributed by atoms with E-state index < -0.39 is 0 Å². The number of aromatic nitrogens is 3. The number of nitrogens with one attached hydrogen (secondary N) is 1. The predicted molar refractivity (Wildman–Crippen MR) is 94.9 cm³/mol. The van der Waals surface area contributed by atoms with Crippen molar-refractivity contribution >= 4 is 11.7 Å². The maximum atomic E-state index is 12.4. The van der Waals surface area contributed by atoms with Crippen molar-refractivity contribution in [1.29, 1.82) is 0 Å². The van der Waals surface area contributed by atoms with E-state index >= 15 is 0 Å². The molecule has 2 heterocycles. The fourth-order valence-electron chi connectivity index (χ4n) is 2.26. The van der Waals surface area contributed by atoms with Gasteiger partial charge in [0.15, 0.2) is 0 Å². The molecule has 128 valence electrons. The Morgan fingerprint density at radius 2 is 1.96 bits per heavy atom. The van der Waals surface area contributed by atoms with Crippen molar-refractivity contribution in [2.75, 3.05) is 25.5 Å². The smallest absolute Gasteiger partial charge is 0.273 e. The van der Waals surface area contributed by atoms with Gasteiger partial charge in [-0.05, 0) is 30.5 Å². The molecule has 0 saturated carbocycles. The van der Waals surface area contributed by atoms with Crippen LogP contribution in [0.4, 0.5) is 5.82 Å². The molecule has 2 aromatic heterocycles. The molecule has 6 nitrogen and oxygen atoms in total. The van der Waals surface area contributed by atoms with Gasteiger partial charge in [0.05, 0.1) is 12.4 Å². The van der Waals surface area contributed by atoms with Gasteiger partial charge in [-0.2, -0.15) is 0 Å². The molecule has 0 aromatic carbocycles. The van der Waals surface area contributed by atoms with Crippen molar-refractivity contribution in [1.82, 2.24) is 19.9 Å². The summed E-state index contributed by atoms with van der Waals surface area (Å²) in [5, 5.41) is 3.22. The van der Waals surface area contributed by atoms with Crippen molar-refractivity contribution < 1.29 is 4.79 Å². The molecule has 24 heavy (non-hydrogen) atoms. The molecule has 0 atom stereocenters. The molecule has 0 spiro atoms. The average Bonchev–Trinajstić information content (AvgIpc) is 2.64. The van der Waals surface area contributed by atoms with Crippen molar-refractivity contribution in [3.63, 3.8) is 0 Å². The first-order valence-corrected chi connectivity index (χ1v) is 8.41. The number of anilines is 1. The lowest BCUT2D eigenvalue weighted by molar-refractivity contribution is 0.0790. The lowest BCUT2D eigenvalue weighted by Crippen LogP contribution is -2.29. The molecule has 0 bridgehead atoms. The quantitative estimate of drug-likeness (QED) is 0.717. The largest absolute Gasteiger partial charge is 0.369 e. The van der Waals surface area contributed by atoms with Crippen LogP contribution in [-0.4, -0.2) is 45.9 Å². The Morgan fingerprint density at radius 3 is 2.62 bits per heavy atom. The van der Waals surface area contributed by atoms with E-state index in [1.54, 1.807) is 30.5 Å². The van der Waals surface area contributed by atoms with Crippen LogP contribution in [0.5, 0.6) is 0 Å². The first-order valence-electron chi connectivity index (χ1n) is 8.41. The third-order valence-electron chi connectivity index (χ3n) is 3.79. The van der Waals surface area contributed by atoms with E-state index in [9.17, 15) is 4.79 Å². The molecule has 0 unspecified atom stereocenters. The third-order valence-corrected chi connectivity index (χ3v) is 3.79. The summed E-state index contributed by atoms with van der Waals surface area (Å²) in [6.07, 6.45) is 10.9. The molecular formula is C18H25N5O. The summed E-state index contributed by atoms with van der Waals surface area (Å²) in [5.41, 5.74) is 1.52. The third kappa shape index (κ3) is 5.61. The van der Waals surface area contributed by atoms with E-state index in [4.69, 9.17) is 0 Å². The number of nitrogens with zero attached hydrogens (tertiary/aromatic N) is 4. The summed E-state index contributed by atoms with van der Waals surface area (Å²) in [6, 6.07) is 3.91. The van der Waals surface area contributed by atoms with Gasteiger partial charge in [0.1, 0.15) is 11.5 Å². The zero-order valence-corrected chi connectivity index (χ0v) is 14.4. The number of pyridine rings is 1. The summed E-state index contributed by atoms with van der Waals surface area (Å²) in [5.74, 6) is 0.594. The Labute approximate surface area is 143 Å². The summed E-state index contributed by atoms with van der Waals surface area (Å²) in [6.45, 7) is 3.68. The van der Waals surface area contributed by atoms with Crippen molar-refractivity contribution in [3.05, 3.63) is 48.2 Å². The van der Waals surface area contributed by atoms with E-state index in [1.807, 2.05) is 12.1 Å². The highest BCUT2D eigenvalue weighted by Crippen LogP contribution is 2.06. The van der Waals surface area contributed by atoms with Gasteiger partial charge in [0, 0.05) is 32.5 Å². The molecule has 2 rings (SSSR count). The van der Waals surface area contributed by atoms with E-state index in [2.05, 4.69) is 27.2 Å². The highest BCUT2D eigenvalue weighted by Gasteiger charge is 2.13. The lowest BCUT2D eigenvalue weighted by Gasteiger charge is -2.16. The number of unbranched alkanes of at least 4 members (excludes halogenated alkanes) is 2. The van der Waals surface area contributed by atoms with Crippen LogP contribution < -0.4 is 5.32 Å². The number of rotatable bonds is 9. The predicted octanol–water partition coefficient (Wildman–Crippen LogP) is 2.79. The average molecular weight is 327 g/mol. The number of amides is 1. The molecule has 1 N–H and O–H groups in total. The van der Waals surface area contributed by atoms with Crippen molar-refractivity contribution in [2.45, 2.75) is 32.6 Å². The fraction of sp³-hybridized carbons (Fsp3) is 0.444. The zero-order chi connectivity index (χ0) is 17.2. The number of hydrogen-bond donors (Lipinski definition) is 1. The van der Waals surface area contributed by atoms with Gasteiger partial charge in [-0.1, -0.05) is 19.8 Å². The minimum atomic E-state index is -0.117. The second-order valence-corrected chi connectivity index (χ2v) is 5.75. The maximum absolute atomic E-state index is 12.4. The Kier molecular flexibility index (Phi) is 7.14. The molecule has 1 amide bonds. The van der Waals surface area contributed by atoms with Gasteiger partial charge in [-0.3, -0.25) is 9.78 Å². The Bertz CT molecular complexity index is 615. The van der Waals surface area contributed by atoms with Gasteiger partial charge in [-0.15, -0.1) is 0 Å². The molecule has 0 aliphatic heterocycles. The zero-order valence-electron chi connectivity index (χ0n) is 14.4. The van der Waals surface area contributed by atoms with Crippen LogP contribution in [-0.2, 0) is 6.42 Å². The molecule has 0 aliphatic carbocycles. The first kappa shape index (κ1) is 17.8. The van der Waals surface area contributed by atoms with Gasteiger partial charge >= 0.3 is 0 Å². The van der Waals surface area contributed by atoms with Gasteiger partial charge in [0.25, 0.3) is 5.91 Å². The molecule has 0 radical (unpaired) electrons. The fourth-order valence-corrected chi connectivity index (χ4v) is 2.26. The topological polar surface area (TPSA) is 71.0 Å². The van der Waals surface area contributed by atoms with Gasteiger partial charge < -0.3 is 10.2 Å². The highest BCUT2D eigenvalue weighted by molar-refractivity contribution is 5.91. The SMILES string of the molecule is CCCCCNc1cnc(C(=O)N(C)CCc2ccncc2)cn1. The standard InChI is InChI=1S/C18H25N5O/c1-3-4-5-9-20-17-14-21-16(13-22-17)18(24)23(2)12-8-15-6-10-19-11-7-15/h6-7,10-11,13-14H,3-5,8-9,12H2,1-2H3,(H,20,22). The van der Waals surface area contributed by atoms with Crippen molar-refractivity contribution in [3.8, 4) is 0 Å². The lowest BCUT2D eigenvalue weighted by atomic mass is 10.2. The highest BCUT2D eigenvalue weighted by atomic mass is 16.2. The number of carbonyl (C=O) groups excluding carboxylic acids is 1. The van der Waals surface area contributed by atoms with Gasteiger partial charge in [-0.25, -0.2) is 9.97 Å². The second kappa shape index (κ2) is 9.60. The van der Waals surface area contributed by atoms with Crippen LogP contribution in [0.25, 0.3) is 0 Å². The van der Waals surface area contributed by atoms with Crippen molar-refractivity contribution in [2.24, 2.45) is 0 Å². The molecule has 0 saturated heterocycles. The molecule has 2 aromatic rings. The second-order valence-electron chi connectivity index (χ2n) is 5.75. The van der Waals surface area contributed by atoms with Crippen LogP contribution >= 0.6 is 0 Å².